The van der Waals surface area contributed by atoms with Gasteiger partial charge >= 0.3 is 0 Å². The molecule has 0 radical (unpaired) electrons. The third kappa shape index (κ3) is 4.91. The Labute approximate surface area is 146 Å². The van der Waals surface area contributed by atoms with Crippen LogP contribution in [0.2, 0.25) is 0 Å². The fourth-order valence-corrected chi connectivity index (χ4v) is 2.87. The first-order valence-corrected chi connectivity index (χ1v) is 8.67. The van der Waals surface area contributed by atoms with Crippen molar-refractivity contribution in [2.24, 2.45) is 4.99 Å². The second-order valence-corrected chi connectivity index (χ2v) is 6.84. The fraction of sp³-hybridized carbons (Fsp3) is 0.316. The van der Waals surface area contributed by atoms with Crippen LogP contribution in [0.5, 0.6) is 5.75 Å². The van der Waals surface area contributed by atoms with Gasteiger partial charge in [0.05, 0.1) is 20.6 Å². The minimum Gasteiger partial charge on any atom is -0.507 e. The number of likely N-dealkylation sites (N-methyl/N-ethyl adjacent to an activating group) is 1. The van der Waals surface area contributed by atoms with Gasteiger partial charge < -0.3 is 10.0 Å². The van der Waals surface area contributed by atoms with Gasteiger partial charge in [-0.1, -0.05) is 47.1 Å². The molecule has 0 aliphatic heterocycles. The molecule has 0 aliphatic rings. The van der Waals surface area contributed by atoms with Crippen molar-refractivity contribution in [1.82, 2.24) is 0 Å². The van der Waals surface area contributed by atoms with Crippen molar-refractivity contribution < 1.29 is 10.0 Å². The van der Waals surface area contributed by atoms with E-state index in [1.807, 2.05) is 12.1 Å². The van der Waals surface area contributed by atoms with Crippen LogP contribution in [0.25, 0.3) is 0 Å². The Hall–Kier alpha value is -1.65. The first-order valence-electron chi connectivity index (χ1n) is 7.88. The highest BCUT2D eigenvalue weighted by atomic mass is 79.9. The third-order valence-corrected chi connectivity index (χ3v) is 4.49. The minimum absolute atomic E-state index is 0.248. The number of aliphatic imine (C=N–C) groups is 1. The number of aryl methyl sites for hydroxylation is 1. The monoisotopic (exact) mass is 375 g/mol. The highest BCUT2D eigenvalue weighted by Gasteiger charge is 2.16. The number of nitrogens with zero attached hydrogens (tertiary/aromatic N) is 1. The number of hydrogen-bond acceptors (Lipinski definition) is 2. The van der Waals surface area contributed by atoms with Crippen LogP contribution in [0.1, 0.15) is 29.7 Å². The second-order valence-electron chi connectivity index (χ2n) is 5.92. The molecule has 0 heterocycles. The maximum atomic E-state index is 9.87. The molecule has 2 aromatic rings. The SMILES string of the molecule is CCc1ccc([C@@H](CN=Cc2cc(Br)ccc2O)[NH+](C)C)cc1. The summed E-state index contributed by atoms with van der Waals surface area (Å²) in [6.07, 6.45) is 2.80. The second kappa shape index (κ2) is 8.27. The number of nitrogens with one attached hydrogen (secondary N) is 1. The van der Waals surface area contributed by atoms with Crippen molar-refractivity contribution in [2.45, 2.75) is 19.4 Å². The predicted octanol–water partition coefficient (Wildman–Crippen LogP) is 3.02. The summed E-state index contributed by atoms with van der Waals surface area (Å²) in [4.78, 5) is 5.90. The molecule has 0 spiro atoms. The topological polar surface area (TPSA) is 37.0 Å². The Bertz CT molecular complexity index is 666. The molecule has 0 aromatic heterocycles. The van der Waals surface area contributed by atoms with Gasteiger partial charge in [-0.3, -0.25) is 4.99 Å². The molecule has 2 aromatic carbocycles. The van der Waals surface area contributed by atoms with E-state index in [4.69, 9.17) is 0 Å². The molecule has 0 saturated heterocycles. The summed E-state index contributed by atoms with van der Waals surface area (Å²) in [6.45, 7) is 2.85. The van der Waals surface area contributed by atoms with E-state index in [0.717, 1.165) is 16.5 Å². The number of aromatic hydroxyl groups is 1. The maximum Gasteiger partial charge on any atom is 0.132 e. The first kappa shape index (κ1) is 17.7. The van der Waals surface area contributed by atoms with Gasteiger partial charge in [0, 0.05) is 21.8 Å². The van der Waals surface area contributed by atoms with Crippen LogP contribution in [0, 0.1) is 0 Å². The van der Waals surface area contributed by atoms with Gasteiger partial charge in [-0.15, -0.1) is 0 Å². The molecule has 1 atom stereocenters. The third-order valence-electron chi connectivity index (χ3n) is 4.00. The lowest BCUT2D eigenvalue weighted by atomic mass is 10.0. The van der Waals surface area contributed by atoms with Gasteiger partial charge in [0.25, 0.3) is 0 Å². The van der Waals surface area contributed by atoms with E-state index in [-0.39, 0.29) is 5.75 Å². The molecule has 0 saturated carbocycles. The van der Waals surface area contributed by atoms with E-state index in [1.165, 1.54) is 16.0 Å². The van der Waals surface area contributed by atoms with Crippen LogP contribution in [-0.4, -0.2) is 32.0 Å². The first-order chi connectivity index (χ1) is 11.0. The summed E-state index contributed by atoms with van der Waals surface area (Å²) in [5, 5.41) is 9.87. The molecule has 0 fully saturated rings. The summed E-state index contributed by atoms with van der Waals surface area (Å²) >= 11 is 3.41. The Balaban J connectivity index is 2.13. The van der Waals surface area contributed by atoms with E-state index in [2.05, 4.69) is 66.2 Å². The quantitative estimate of drug-likeness (QED) is 0.748. The molecule has 2 N–H and O–H groups in total. The van der Waals surface area contributed by atoms with Gasteiger partial charge in [-0.2, -0.15) is 0 Å². The Morgan fingerprint density at radius 2 is 1.87 bits per heavy atom. The Kier molecular flexibility index (Phi) is 6.37. The zero-order chi connectivity index (χ0) is 16.8. The number of phenolic OH excluding ortho intramolecular Hbond substituents is 1. The summed E-state index contributed by atoms with van der Waals surface area (Å²) in [5.41, 5.74) is 3.37. The lowest BCUT2D eigenvalue weighted by molar-refractivity contribution is -0.890. The normalized spacial score (nSPS) is 12.9. The lowest BCUT2D eigenvalue weighted by Crippen LogP contribution is -3.06. The molecule has 0 unspecified atom stereocenters. The van der Waals surface area contributed by atoms with Crippen molar-refractivity contribution in [3.8, 4) is 5.75 Å². The van der Waals surface area contributed by atoms with E-state index < -0.39 is 0 Å². The van der Waals surface area contributed by atoms with Crippen molar-refractivity contribution in [3.63, 3.8) is 0 Å². The zero-order valence-electron chi connectivity index (χ0n) is 13.9. The van der Waals surface area contributed by atoms with Crippen molar-refractivity contribution in [3.05, 3.63) is 63.6 Å². The number of phenols is 1. The van der Waals surface area contributed by atoms with E-state index in [1.54, 1.807) is 12.3 Å². The van der Waals surface area contributed by atoms with Gasteiger partial charge in [-0.25, -0.2) is 0 Å². The molecule has 23 heavy (non-hydrogen) atoms. The van der Waals surface area contributed by atoms with Gasteiger partial charge in [0.15, 0.2) is 0 Å². The molecular weight excluding hydrogens is 352 g/mol. The average molecular weight is 376 g/mol. The summed E-state index contributed by atoms with van der Waals surface area (Å²) < 4.78 is 0.932. The Morgan fingerprint density at radius 3 is 2.48 bits per heavy atom. The minimum atomic E-state index is 0.248. The number of hydrogen-bond donors (Lipinski definition) is 2. The van der Waals surface area contributed by atoms with Crippen LogP contribution in [-0.2, 0) is 6.42 Å². The maximum absolute atomic E-state index is 9.87. The molecule has 0 aliphatic carbocycles. The van der Waals surface area contributed by atoms with Gasteiger partial charge in [0.1, 0.15) is 11.8 Å². The fourth-order valence-electron chi connectivity index (χ4n) is 2.49. The summed E-state index contributed by atoms with van der Waals surface area (Å²) in [5.74, 6) is 0.248. The molecule has 4 heteroatoms. The average Bonchev–Trinajstić information content (AvgIpc) is 2.54. The highest BCUT2D eigenvalue weighted by Crippen LogP contribution is 2.20. The number of rotatable bonds is 6. The molecular formula is C19H24BrN2O+. The predicted molar refractivity (Wildman–Crippen MR) is 99.6 cm³/mol. The summed E-state index contributed by atoms with van der Waals surface area (Å²) in [6, 6.07) is 14.4. The smallest absolute Gasteiger partial charge is 0.132 e. The number of quaternary nitrogens is 1. The molecule has 122 valence electrons. The number of halogens is 1. The summed E-state index contributed by atoms with van der Waals surface area (Å²) in [7, 11) is 4.29. The van der Waals surface area contributed by atoms with Crippen LogP contribution in [0.4, 0.5) is 0 Å². The van der Waals surface area contributed by atoms with Crippen LogP contribution in [0.15, 0.2) is 51.9 Å². The van der Waals surface area contributed by atoms with E-state index in [9.17, 15) is 5.11 Å². The standard InChI is InChI=1S/C19H23BrN2O/c1-4-14-5-7-15(8-6-14)18(22(2)3)13-21-12-16-11-17(20)9-10-19(16)23/h5-12,18,23H,4,13H2,1-3H3/p+1/t18-/m1/s1. The molecule has 0 amide bonds. The zero-order valence-corrected chi connectivity index (χ0v) is 15.5. The lowest BCUT2D eigenvalue weighted by Gasteiger charge is -2.20. The van der Waals surface area contributed by atoms with Crippen LogP contribution < -0.4 is 4.90 Å². The van der Waals surface area contributed by atoms with Crippen LogP contribution >= 0.6 is 15.9 Å². The molecule has 0 bridgehead atoms. The van der Waals surface area contributed by atoms with Crippen molar-refractivity contribution in [2.75, 3.05) is 20.6 Å². The van der Waals surface area contributed by atoms with Gasteiger partial charge in [-0.05, 0) is 30.2 Å². The molecule has 3 nitrogen and oxygen atoms in total. The van der Waals surface area contributed by atoms with E-state index in [0.29, 0.717) is 12.6 Å². The van der Waals surface area contributed by atoms with E-state index >= 15 is 0 Å². The van der Waals surface area contributed by atoms with Crippen LogP contribution in [0.3, 0.4) is 0 Å². The van der Waals surface area contributed by atoms with Gasteiger partial charge in [0.2, 0.25) is 0 Å². The Morgan fingerprint density at radius 1 is 1.17 bits per heavy atom. The highest BCUT2D eigenvalue weighted by molar-refractivity contribution is 9.10. The number of benzene rings is 2. The van der Waals surface area contributed by atoms with Crippen molar-refractivity contribution >= 4 is 22.1 Å². The van der Waals surface area contributed by atoms with Crippen molar-refractivity contribution in [1.29, 1.82) is 0 Å². The largest absolute Gasteiger partial charge is 0.507 e. The molecule has 2 rings (SSSR count).